The first-order valence-corrected chi connectivity index (χ1v) is 13.0. The van der Waals surface area contributed by atoms with E-state index in [9.17, 15) is 14.7 Å². The molecule has 0 aliphatic carbocycles. The highest BCUT2D eigenvalue weighted by molar-refractivity contribution is 6.77. The summed E-state index contributed by atoms with van der Waals surface area (Å²) in [6, 6.07) is 9.24. The van der Waals surface area contributed by atoms with Crippen LogP contribution in [0, 0.1) is 0 Å². The molecule has 0 unspecified atom stereocenters. The van der Waals surface area contributed by atoms with Crippen molar-refractivity contribution in [2.45, 2.75) is 89.5 Å². The van der Waals surface area contributed by atoms with Gasteiger partial charge in [0.05, 0.1) is 0 Å². The fourth-order valence-electron chi connectivity index (χ4n) is 4.65. The van der Waals surface area contributed by atoms with Crippen molar-refractivity contribution in [2.75, 3.05) is 6.61 Å². The maximum Gasteiger partial charge on any atom is 0.508 e. The largest absolute Gasteiger partial charge is 0.508 e. The SMILES string of the molecule is CC(C)[Si](O[C@@H]1[C@@H](COC(=O)OCc2ccccc2)OC(=O)[C@@]1(C)O)(C(C)C)C(C)C. The second-order valence-electron chi connectivity index (χ2n) is 9.28. The van der Waals surface area contributed by atoms with Gasteiger partial charge < -0.3 is 23.7 Å². The van der Waals surface area contributed by atoms with Gasteiger partial charge in [0.2, 0.25) is 8.32 Å². The van der Waals surface area contributed by atoms with Gasteiger partial charge in [0.1, 0.15) is 19.3 Å². The van der Waals surface area contributed by atoms with E-state index in [0.29, 0.717) is 0 Å². The number of cyclic esters (lactones) is 1. The number of carbonyl (C=O) groups excluding carboxylic acids is 2. The Morgan fingerprint density at radius 3 is 2.13 bits per heavy atom. The minimum atomic E-state index is -2.43. The van der Waals surface area contributed by atoms with Gasteiger partial charge in [-0.05, 0) is 29.1 Å². The third kappa shape index (κ3) is 5.48. The van der Waals surface area contributed by atoms with Crippen molar-refractivity contribution in [3.8, 4) is 0 Å². The van der Waals surface area contributed by atoms with Crippen LogP contribution < -0.4 is 0 Å². The molecule has 2 rings (SSSR count). The van der Waals surface area contributed by atoms with Crippen LogP contribution in [0.15, 0.2) is 30.3 Å². The molecule has 7 nitrogen and oxygen atoms in total. The first kappa shape index (κ1) is 25.4. The Balaban J connectivity index is 2.11. The molecule has 0 spiro atoms. The van der Waals surface area contributed by atoms with Gasteiger partial charge in [-0.1, -0.05) is 71.9 Å². The molecule has 0 amide bonds. The second-order valence-corrected chi connectivity index (χ2v) is 14.7. The molecule has 174 valence electrons. The highest BCUT2D eigenvalue weighted by Crippen LogP contribution is 2.45. The first-order chi connectivity index (χ1) is 14.4. The summed E-state index contributed by atoms with van der Waals surface area (Å²) in [5.74, 6) is -0.775. The molecule has 1 aromatic rings. The minimum Gasteiger partial charge on any atom is -0.454 e. The van der Waals surface area contributed by atoms with Crippen molar-refractivity contribution < 1.29 is 33.3 Å². The zero-order chi connectivity index (χ0) is 23.4. The molecule has 0 aromatic heterocycles. The topological polar surface area (TPSA) is 91.3 Å². The lowest BCUT2D eigenvalue weighted by atomic mass is 9.99. The number of carbonyl (C=O) groups is 2. The van der Waals surface area contributed by atoms with Gasteiger partial charge >= 0.3 is 12.1 Å². The van der Waals surface area contributed by atoms with E-state index in [1.165, 1.54) is 6.92 Å². The molecule has 31 heavy (non-hydrogen) atoms. The van der Waals surface area contributed by atoms with E-state index in [-0.39, 0.29) is 29.8 Å². The molecule has 1 fully saturated rings. The van der Waals surface area contributed by atoms with Crippen molar-refractivity contribution in [2.24, 2.45) is 0 Å². The second kappa shape index (κ2) is 10.1. The number of hydrogen-bond donors (Lipinski definition) is 1. The van der Waals surface area contributed by atoms with E-state index in [1.807, 2.05) is 30.3 Å². The number of esters is 1. The Kier molecular flexibility index (Phi) is 8.30. The van der Waals surface area contributed by atoms with E-state index in [0.717, 1.165) is 5.56 Å². The summed E-state index contributed by atoms with van der Waals surface area (Å²) in [5, 5.41) is 10.9. The molecular formula is C23H36O7Si. The van der Waals surface area contributed by atoms with E-state index in [4.69, 9.17) is 18.6 Å². The number of rotatable bonds is 9. The lowest BCUT2D eigenvalue weighted by Gasteiger charge is -2.45. The number of aliphatic hydroxyl groups is 1. The van der Waals surface area contributed by atoms with Crippen LogP contribution in [0.3, 0.4) is 0 Å². The van der Waals surface area contributed by atoms with Gasteiger partial charge in [-0.2, -0.15) is 0 Å². The van der Waals surface area contributed by atoms with Crippen molar-refractivity contribution in [1.29, 1.82) is 0 Å². The van der Waals surface area contributed by atoms with E-state index < -0.39 is 38.3 Å². The molecule has 1 aliphatic heterocycles. The quantitative estimate of drug-likeness (QED) is 0.433. The molecule has 1 N–H and O–H groups in total. The van der Waals surface area contributed by atoms with Crippen LogP contribution >= 0.6 is 0 Å². The molecule has 8 heteroatoms. The molecule has 1 heterocycles. The van der Waals surface area contributed by atoms with E-state index >= 15 is 0 Å². The molecule has 1 aliphatic rings. The Morgan fingerprint density at radius 1 is 1.06 bits per heavy atom. The summed E-state index contributed by atoms with van der Waals surface area (Å²) < 4.78 is 22.3. The van der Waals surface area contributed by atoms with Crippen LogP contribution in [0.2, 0.25) is 16.6 Å². The summed E-state index contributed by atoms with van der Waals surface area (Å²) in [6.07, 6.45) is -2.71. The predicted octanol–water partition coefficient (Wildman–Crippen LogP) is 4.58. The summed E-state index contributed by atoms with van der Waals surface area (Å²) in [5.41, 5.74) is -0.250. The van der Waals surface area contributed by atoms with Crippen molar-refractivity contribution in [3.05, 3.63) is 35.9 Å². The monoisotopic (exact) mass is 452 g/mol. The first-order valence-electron chi connectivity index (χ1n) is 10.9. The van der Waals surface area contributed by atoms with Crippen LogP contribution in [-0.4, -0.2) is 50.0 Å². The third-order valence-corrected chi connectivity index (χ3v) is 12.2. The summed E-state index contributed by atoms with van der Waals surface area (Å²) in [6.45, 7) is 13.9. The van der Waals surface area contributed by atoms with Crippen LogP contribution in [0.1, 0.15) is 54.0 Å². The molecule has 3 atom stereocenters. The minimum absolute atomic E-state index is 0.0752. The fourth-order valence-corrected chi connectivity index (χ4v) is 10.3. The predicted molar refractivity (Wildman–Crippen MR) is 119 cm³/mol. The van der Waals surface area contributed by atoms with E-state index in [1.54, 1.807) is 0 Å². The Morgan fingerprint density at radius 2 is 1.61 bits per heavy atom. The summed E-state index contributed by atoms with van der Waals surface area (Å²) >= 11 is 0. The van der Waals surface area contributed by atoms with Crippen molar-refractivity contribution in [3.63, 3.8) is 0 Å². The van der Waals surface area contributed by atoms with Gasteiger partial charge in [-0.3, -0.25) is 0 Å². The van der Waals surface area contributed by atoms with Gasteiger partial charge in [-0.25, -0.2) is 9.59 Å². The maximum absolute atomic E-state index is 12.4. The van der Waals surface area contributed by atoms with Crippen LogP contribution in [-0.2, 0) is 30.0 Å². The highest BCUT2D eigenvalue weighted by Gasteiger charge is 2.59. The van der Waals surface area contributed by atoms with E-state index in [2.05, 4.69) is 41.5 Å². The lowest BCUT2D eigenvalue weighted by Crippen LogP contribution is -2.57. The molecular weight excluding hydrogens is 416 g/mol. The molecule has 0 bridgehead atoms. The molecule has 0 radical (unpaired) electrons. The van der Waals surface area contributed by atoms with Gasteiger partial charge in [0.25, 0.3) is 0 Å². The van der Waals surface area contributed by atoms with Gasteiger partial charge in [-0.15, -0.1) is 0 Å². The number of benzene rings is 1. The Labute approximate surface area is 186 Å². The number of ether oxygens (including phenoxy) is 3. The third-order valence-electron chi connectivity index (χ3n) is 6.17. The molecule has 1 saturated heterocycles. The van der Waals surface area contributed by atoms with Crippen molar-refractivity contribution >= 4 is 20.4 Å². The Bertz CT molecular complexity index is 724. The average molecular weight is 453 g/mol. The fraction of sp³-hybridized carbons (Fsp3) is 0.652. The lowest BCUT2D eigenvalue weighted by molar-refractivity contribution is -0.155. The summed E-state index contributed by atoms with van der Waals surface area (Å²) in [4.78, 5) is 24.4. The van der Waals surface area contributed by atoms with Crippen LogP contribution in [0.4, 0.5) is 4.79 Å². The molecule has 0 saturated carbocycles. The highest BCUT2D eigenvalue weighted by atomic mass is 28.4. The molecule has 1 aromatic carbocycles. The number of hydrogen-bond acceptors (Lipinski definition) is 7. The van der Waals surface area contributed by atoms with Gasteiger partial charge in [0, 0.05) is 0 Å². The zero-order valence-corrected chi connectivity index (χ0v) is 20.6. The van der Waals surface area contributed by atoms with Crippen molar-refractivity contribution in [1.82, 2.24) is 0 Å². The standard InChI is InChI=1S/C23H36O7Si/c1-15(2)31(16(3)4,17(5)6)30-20-19(29-21(24)23(20,7)26)14-28-22(25)27-13-18-11-9-8-10-12-18/h8-12,15-17,19-20,26H,13-14H2,1-7H3/t19-,20-,23+/m1/s1. The summed E-state index contributed by atoms with van der Waals surface area (Å²) in [7, 11) is -2.43. The average Bonchev–Trinajstić information content (AvgIpc) is 2.91. The smallest absolute Gasteiger partial charge is 0.454 e. The van der Waals surface area contributed by atoms with Crippen LogP contribution in [0.5, 0.6) is 0 Å². The zero-order valence-electron chi connectivity index (χ0n) is 19.6. The van der Waals surface area contributed by atoms with Gasteiger partial charge in [0.15, 0.2) is 11.7 Å². The normalized spacial score (nSPS) is 24.0. The van der Waals surface area contributed by atoms with Crippen LogP contribution in [0.25, 0.3) is 0 Å². The Hall–Kier alpha value is -1.90. The maximum atomic E-state index is 12.4.